The van der Waals surface area contributed by atoms with E-state index in [1.165, 1.54) is 0 Å². The van der Waals surface area contributed by atoms with Crippen molar-refractivity contribution in [3.05, 3.63) is 58.6 Å². The molecule has 1 aliphatic rings. The van der Waals surface area contributed by atoms with Crippen LogP contribution in [0.4, 0.5) is 0 Å². The first-order chi connectivity index (χ1) is 13.5. The molecular weight excluding hydrogens is 378 g/mol. The molecule has 0 atom stereocenters. The summed E-state index contributed by atoms with van der Waals surface area (Å²) < 4.78 is 1.68. The van der Waals surface area contributed by atoms with Gasteiger partial charge < -0.3 is 9.80 Å². The van der Waals surface area contributed by atoms with Gasteiger partial charge in [-0.2, -0.15) is 0 Å². The molecule has 0 radical (unpaired) electrons. The molecular formula is C20H20ClN5O2. The SMILES string of the molecule is Cn1nnc2cc(C(=O)N3CCCN(C(=O)c4ccc(Cl)cc4)CC3)ccc21. The molecule has 1 aromatic heterocycles. The average Bonchev–Trinajstić information content (AvgIpc) is 2.92. The molecule has 0 spiro atoms. The zero-order valence-corrected chi connectivity index (χ0v) is 16.3. The van der Waals surface area contributed by atoms with Gasteiger partial charge in [0.2, 0.25) is 0 Å². The molecule has 2 aromatic carbocycles. The maximum atomic E-state index is 12.9. The normalized spacial score (nSPS) is 14.9. The highest BCUT2D eigenvalue weighted by molar-refractivity contribution is 6.30. The van der Waals surface area contributed by atoms with Crippen molar-refractivity contribution in [1.82, 2.24) is 24.8 Å². The Balaban J connectivity index is 1.46. The van der Waals surface area contributed by atoms with Gasteiger partial charge in [0.25, 0.3) is 11.8 Å². The number of hydrogen-bond acceptors (Lipinski definition) is 4. The van der Waals surface area contributed by atoms with Crippen LogP contribution in [0, 0.1) is 0 Å². The van der Waals surface area contributed by atoms with E-state index in [2.05, 4.69) is 10.3 Å². The van der Waals surface area contributed by atoms with Gasteiger partial charge in [0.05, 0.1) is 5.52 Å². The fourth-order valence-corrected chi connectivity index (χ4v) is 3.58. The van der Waals surface area contributed by atoms with Gasteiger partial charge in [0, 0.05) is 49.4 Å². The fourth-order valence-electron chi connectivity index (χ4n) is 3.45. The van der Waals surface area contributed by atoms with Crippen molar-refractivity contribution in [2.75, 3.05) is 26.2 Å². The lowest BCUT2D eigenvalue weighted by Crippen LogP contribution is -2.37. The lowest BCUT2D eigenvalue weighted by molar-refractivity contribution is 0.0719. The van der Waals surface area contributed by atoms with Crippen LogP contribution in [0.5, 0.6) is 0 Å². The Hall–Kier alpha value is -2.93. The number of hydrogen-bond donors (Lipinski definition) is 0. The highest BCUT2D eigenvalue weighted by Gasteiger charge is 2.24. The third-order valence-corrected chi connectivity index (χ3v) is 5.27. The largest absolute Gasteiger partial charge is 0.337 e. The van der Waals surface area contributed by atoms with Gasteiger partial charge in [0.15, 0.2) is 0 Å². The van der Waals surface area contributed by atoms with E-state index in [9.17, 15) is 9.59 Å². The van der Waals surface area contributed by atoms with Gasteiger partial charge in [-0.25, -0.2) is 4.68 Å². The number of rotatable bonds is 2. The van der Waals surface area contributed by atoms with Gasteiger partial charge in [-0.3, -0.25) is 9.59 Å². The molecule has 7 nitrogen and oxygen atoms in total. The first-order valence-electron chi connectivity index (χ1n) is 9.16. The second-order valence-corrected chi connectivity index (χ2v) is 7.30. The highest BCUT2D eigenvalue weighted by atomic mass is 35.5. The Morgan fingerprint density at radius 2 is 1.50 bits per heavy atom. The van der Waals surface area contributed by atoms with E-state index in [-0.39, 0.29) is 11.8 Å². The van der Waals surface area contributed by atoms with Crippen LogP contribution in [0.25, 0.3) is 11.0 Å². The Kier molecular flexibility index (Phi) is 5.00. The van der Waals surface area contributed by atoms with E-state index in [0.717, 1.165) is 11.9 Å². The molecule has 0 saturated carbocycles. The van der Waals surface area contributed by atoms with Gasteiger partial charge in [0.1, 0.15) is 5.52 Å². The van der Waals surface area contributed by atoms with Crippen molar-refractivity contribution in [2.24, 2.45) is 7.05 Å². The van der Waals surface area contributed by atoms with Gasteiger partial charge in [-0.15, -0.1) is 5.10 Å². The molecule has 1 fully saturated rings. The van der Waals surface area contributed by atoms with E-state index < -0.39 is 0 Å². The zero-order valence-electron chi connectivity index (χ0n) is 15.5. The minimum Gasteiger partial charge on any atom is -0.337 e. The minimum atomic E-state index is -0.0478. The predicted molar refractivity (Wildman–Crippen MR) is 106 cm³/mol. The zero-order chi connectivity index (χ0) is 19.7. The van der Waals surface area contributed by atoms with E-state index >= 15 is 0 Å². The number of aryl methyl sites for hydroxylation is 1. The molecule has 4 rings (SSSR count). The van der Waals surface area contributed by atoms with Crippen molar-refractivity contribution >= 4 is 34.4 Å². The van der Waals surface area contributed by atoms with Crippen molar-refractivity contribution in [2.45, 2.75) is 6.42 Å². The van der Waals surface area contributed by atoms with Crippen LogP contribution in [0.15, 0.2) is 42.5 Å². The number of aromatic nitrogens is 3. The Labute approximate surface area is 167 Å². The summed E-state index contributed by atoms with van der Waals surface area (Å²) in [6.45, 7) is 2.23. The van der Waals surface area contributed by atoms with Crippen molar-refractivity contribution in [3.8, 4) is 0 Å². The van der Waals surface area contributed by atoms with Crippen LogP contribution in [0.2, 0.25) is 5.02 Å². The monoisotopic (exact) mass is 397 g/mol. The molecule has 0 unspecified atom stereocenters. The summed E-state index contributed by atoms with van der Waals surface area (Å²) in [7, 11) is 1.82. The predicted octanol–water partition coefficient (Wildman–Crippen LogP) is 2.61. The number of carbonyl (C=O) groups excluding carboxylic acids is 2. The molecule has 144 valence electrons. The smallest absolute Gasteiger partial charge is 0.253 e. The van der Waals surface area contributed by atoms with Crippen LogP contribution >= 0.6 is 11.6 Å². The van der Waals surface area contributed by atoms with Crippen LogP contribution < -0.4 is 0 Å². The van der Waals surface area contributed by atoms with Crippen LogP contribution in [-0.4, -0.2) is 62.8 Å². The third-order valence-electron chi connectivity index (χ3n) is 5.02. The first kappa shape index (κ1) is 18.4. The van der Waals surface area contributed by atoms with Crippen molar-refractivity contribution in [1.29, 1.82) is 0 Å². The van der Waals surface area contributed by atoms with E-state index in [1.54, 1.807) is 50.9 Å². The summed E-state index contributed by atoms with van der Waals surface area (Å²) in [5.74, 6) is -0.0831. The molecule has 28 heavy (non-hydrogen) atoms. The van der Waals surface area contributed by atoms with E-state index in [4.69, 9.17) is 11.6 Å². The van der Waals surface area contributed by atoms with Crippen LogP contribution in [0.3, 0.4) is 0 Å². The topological polar surface area (TPSA) is 71.3 Å². The second-order valence-electron chi connectivity index (χ2n) is 6.86. The quantitative estimate of drug-likeness (QED) is 0.666. The number of carbonyl (C=O) groups is 2. The fraction of sp³-hybridized carbons (Fsp3) is 0.300. The molecule has 3 aromatic rings. The Morgan fingerprint density at radius 3 is 2.18 bits per heavy atom. The molecule has 0 bridgehead atoms. The van der Waals surface area contributed by atoms with E-state index in [1.807, 2.05) is 13.1 Å². The van der Waals surface area contributed by atoms with Crippen molar-refractivity contribution < 1.29 is 9.59 Å². The molecule has 8 heteroatoms. The molecule has 1 saturated heterocycles. The van der Waals surface area contributed by atoms with Crippen LogP contribution in [-0.2, 0) is 7.05 Å². The van der Waals surface area contributed by atoms with Crippen molar-refractivity contribution in [3.63, 3.8) is 0 Å². The maximum absolute atomic E-state index is 12.9. The number of nitrogens with zero attached hydrogens (tertiary/aromatic N) is 5. The summed E-state index contributed by atoms with van der Waals surface area (Å²) in [5, 5.41) is 8.66. The first-order valence-corrected chi connectivity index (χ1v) is 9.54. The van der Waals surface area contributed by atoms with Gasteiger partial charge in [-0.05, 0) is 48.9 Å². The van der Waals surface area contributed by atoms with Gasteiger partial charge >= 0.3 is 0 Å². The number of benzene rings is 2. The standard InChI is InChI=1S/C20H20ClN5O2/c1-24-18-8-5-15(13-17(18)22-23-24)20(28)26-10-2-9-25(11-12-26)19(27)14-3-6-16(21)7-4-14/h3-8,13H,2,9-12H2,1H3. The van der Waals surface area contributed by atoms with E-state index in [0.29, 0.717) is 47.8 Å². The Bertz CT molecular complexity index is 1030. The lowest BCUT2D eigenvalue weighted by Gasteiger charge is -2.22. The summed E-state index contributed by atoms with van der Waals surface area (Å²) in [5.41, 5.74) is 2.78. The highest BCUT2D eigenvalue weighted by Crippen LogP contribution is 2.17. The number of fused-ring (bicyclic) bond motifs is 1. The second kappa shape index (κ2) is 7.59. The average molecular weight is 398 g/mol. The summed E-state index contributed by atoms with van der Waals surface area (Å²) in [6.07, 6.45) is 0.735. The lowest BCUT2D eigenvalue weighted by atomic mass is 10.1. The summed E-state index contributed by atoms with van der Waals surface area (Å²) >= 11 is 5.90. The summed E-state index contributed by atoms with van der Waals surface area (Å²) in [4.78, 5) is 29.3. The molecule has 0 N–H and O–H groups in total. The third kappa shape index (κ3) is 3.57. The van der Waals surface area contributed by atoms with Gasteiger partial charge in [-0.1, -0.05) is 16.8 Å². The number of halogens is 1. The maximum Gasteiger partial charge on any atom is 0.253 e. The molecule has 2 amide bonds. The minimum absolute atomic E-state index is 0.0352. The summed E-state index contributed by atoms with van der Waals surface area (Å²) in [6, 6.07) is 12.3. The van der Waals surface area contributed by atoms with Crippen LogP contribution in [0.1, 0.15) is 27.1 Å². The molecule has 1 aliphatic heterocycles. The molecule has 0 aliphatic carbocycles. The molecule has 2 heterocycles. The number of amides is 2. The Morgan fingerprint density at radius 1 is 0.893 bits per heavy atom.